The Balaban J connectivity index is 2.13. The van der Waals surface area contributed by atoms with Crippen molar-refractivity contribution in [3.8, 4) is 0 Å². The monoisotopic (exact) mass is 300 g/mol. The number of aryl methyl sites for hydroxylation is 1. The molecule has 7 heteroatoms. The lowest BCUT2D eigenvalue weighted by molar-refractivity contribution is 0.318. The number of nitrogens with two attached hydrogens (primary N) is 1. The molecule has 0 saturated heterocycles. The maximum Gasteiger partial charge on any atom is 0.262 e. The van der Waals surface area contributed by atoms with Gasteiger partial charge in [0.15, 0.2) is 5.84 Å². The van der Waals surface area contributed by atoms with Crippen molar-refractivity contribution in [2.45, 2.75) is 17.2 Å². The first-order chi connectivity index (χ1) is 10.2. The fraction of sp³-hybridized carbons (Fsp3) is 0.0714. The lowest BCUT2D eigenvalue weighted by atomic mass is 10.1. The third-order valence-corrected chi connectivity index (χ3v) is 3.72. The second-order valence-electron chi connectivity index (χ2n) is 4.38. The van der Waals surface area contributed by atoms with E-state index in [2.05, 4.69) is 15.1 Å². The number of amidine groups is 1. The van der Waals surface area contributed by atoms with Gasteiger partial charge in [0.05, 0.1) is 16.8 Å². The molecule has 1 aromatic carbocycles. The van der Waals surface area contributed by atoms with Crippen LogP contribution < -0.4 is 5.73 Å². The molecular formula is C14H12N4O2S. The van der Waals surface area contributed by atoms with Crippen molar-refractivity contribution in [3.63, 3.8) is 0 Å². The maximum atomic E-state index is 8.94. The van der Waals surface area contributed by atoms with Crippen LogP contribution in [0.15, 0.2) is 56.4 Å². The van der Waals surface area contributed by atoms with Crippen LogP contribution in [0.2, 0.25) is 0 Å². The summed E-state index contributed by atoms with van der Waals surface area (Å²) < 4.78 is 5.32. The fourth-order valence-corrected chi connectivity index (χ4v) is 2.74. The van der Waals surface area contributed by atoms with E-state index in [1.54, 1.807) is 6.26 Å². The lowest BCUT2D eigenvalue weighted by Crippen LogP contribution is -2.15. The van der Waals surface area contributed by atoms with Crippen molar-refractivity contribution in [1.82, 2.24) is 9.97 Å². The van der Waals surface area contributed by atoms with E-state index in [9.17, 15) is 0 Å². The number of aromatic nitrogens is 2. The third-order valence-electron chi connectivity index (χ3n) is 2.85. The highest BCUT2D eigenvalue weighted by Gasteiger charge is 2.14. The molecule has 0 unspecified atom stereocenters. The molecule has 0 bridgehead atoms. The minimum atomic E-state index is -0.000897. The van der Waals surface area contributed by atoms with E-state index < -0.39 is 0 Å². The van der Waals surface area contributed by atoms with Crippen LogP contribution in [-0.2, 0) is 0 Å². The molecule has 0 amide bonds. The number of rotatable bonds is 3. The molecule has 0 fully saturated rings. The number of hydrogen-bond donors (Lipinski definition) is 2. The van der Waals surface area contributed by atoms with E-state index in [-0.39, 0.29) is 5.84 Å². The molecule has 0 spiro atoms. The van der Waals surface area contributed by atoms with Gasteiger partial charge in [-0.3, -0.25) is 0 Å². The quantitative estimate of drug-likeness (QED) is 0.334. The smallest absolute Gasteiger partial charge is 0.262 e. The van der Waals surface area contributed by atoms with Gasteiger partial charge in [-0.25, -0.2) is 9.97 Å². The molecule has 21 heavy (non-hydrogen) atoms. The van der Waals surface area contributed by atoms with Gasteiger partial charge in [-0.05, 0) is 30.8 Å². The Morgan fingerprint density at radius 2 is 2.14 bits per heavy atom. The molecule has 3 N–H and O–H groups in total. The molecule has 0 aliphatic heterocycles. The summed E-state index contributed by atoms with van der Waals surface area (Å²) in [7, 11) is 0. The summed E-state index contributed by atoms with van der Waals surface area (Å²) in [5.74, 6) is -0.000897. The van der Waals surface area contributed by atoms with Crippen LogP contribution in [0.4, 0.5) is 0 Å². The summed E-state index contributed by atoms with van der Waals surface area (Å²) >= 11 is 1.23. The van der Waals surface area contributed by atoms with Crippen LogP contribution >= 0.6 is 11.8 Å². The molecule has 3 aromatic rings. The summed E-state index contributed by atoms with van der Waals surface area (Å²) in [6.07, 6.45) is 1.56. The Kier molecular flexibility index (Phi) is 3.49. The zero-order valence-electron chi connectivity index (χ0n) is 11.1. The minimum Gasteiger partial charge on any atom is -0.439 e. The number of para-hydroxylation sites is 1. The Morgan fingerprint density at radius 3 is 2.86 bits per heavy atom. The van der Waals surface area contributed by atoms with Gasteiger partial charge in [-0.1, -0.05) is 23.4 Å². The van der Waals surface area contributed by atoms with Gasteiger partial charge >= 0.3 is 0 Å². The van der Waals surface area contributed by atoms with Crippen LogP contribution in [0.5, 0.6) is 0 Å². The van der Waals surface area contributed by atoms with Crippen molar-refractivity contribution in [1.29, 1.82) is 0 Å². The third kappa shape index (κ3) is 2.68. The number of nitrogens with zero attached hydrogens (tertiary/aromatic N) is 3. The summed E-state index contributed by atoms with van der Waals surface area (Å²) in [5, 5.41) is 13.9. The summed E-state index contributed by atoms with van der Waals surface area (Å²) in [6, 6.07) is 9.46. The lowest BCUT2D eigenvalue weighted by Gasteiger charge is -2.07. The van der Waals surface area contributed by atoms with Crippen molar-refractivity contribution < 1.29 is 9.62 Å². The fourth-order valence-electron chi connectivity index (χ4n) is 1.88. The topological polar surface area (TPSA) is 97.5 Å². The molecule has 3 rings (SSSR count). The maximum absolute atomic E-state index is 8.94. The van der Waals surface area contributed by atoms with Gasteiger partial charge in [0.25, 0.3) is 5.22 Å². The number of oxime groups is 1. The van der Waals surface area contributed by atoms with Gasteiger partial charge in [0, 0.05) is 5.39 Å². The van der Waals surface area contributed by atoms with Crippen molar-refractivity contribution in [3.05, 3.63) is 47.9 Å². The van der Waals surface area contributed by atoms with E-state index in [0.29, 0.717) is 15.8 Å². The first-order valence-electron chi connectivity index (χ1n) is 6.15. The Labute approximate surface area is 124 Å². The van der Waals surface area contributed by atoms with Gasteiger partial charge < -0.3 is 15.4 Å². The second kappa shape index (κ2) is 5.45. The number of fused-ring (bicyclic) bond motifs is 1. The second-order valence-corrected chi connectivity index (χ2v) is 5.32. The first-order valence-corrected chi connectivity index (χ1v) is 6.96. The zero-order valence-corrected chi connectivity index (χ0v) is 12.0. The number of oxazole rings is 1. The molecule has 0 saturated carbocycles. The SMILES string of the molecule is Cc1coc(Sc2nc3ccccc3cc2/C(N)=N/O)n1. The van der Waals surface area contributed by atoms with Crippen molar-refractivity contribution >= 4 is 28.5 Å². The van der Waals surface area contributed by atoms with Crippen molar-refractivity contribution in [2.75, 3.05) is 0 Å². The average Bonchev–Trinajstić information content (AvgIpc) is 2.91. The van der Waals surface area contributed by atoms with Gasteiger partial charge in [0.1, 0.15) is 11.3 Å². The highest BCUT2D eigenvalue weighted by Crippen LogP contribution is 2.30. The summed E-state index contributed by atoms with van der Waals surface area (Å²) in [5.41, 5.74) is 7.88. The molecule has 6 nitrogen and oxygen atoms in total. The Bertz CT molecular complexity index is 829. The zero-order chi connectivity index (χ0) is 14.8. The highest BCUT2D eigenvalue weighted by molar-refractivity contribution is 7.99. The van der Waals surface area contributed by atoms with Crippen molar-refractivity contribution in [2.24, 2.45) is 10.9 Å². The predicted molar refractivity (Wildman–Crippen MR) is 79.6 cm³/mol. The summed E-state index contributed by atoms with van der Waals surface area (Å²) in [4.78, 5) is 8.77. The van der Waals surface area contributed by atoms with Crippen LogP contribution in [0.1, 0.15) is 11.3 Å². The van der Waals surface area contributed by atoms with E-state index in [4.69, 9.17) is 15.4 Å². The van der Waals surface area contributed by atoms with E-state index in [0.717, 1.165) is 16.6 Å². The number of hydrogen-bond acceptors (Lipinski definition) is 6. The van der Waals surface area contributed by atoms with Crippen LogP contribution in [-0.4, -0.2) is 21.0 Å². The van der Waals surface area contributed by atoms with E-state index in [1.807, 2.05) is 37.3 Å². The van der Waals surface area contributed by atoms with Crippen LogP contribution in [0.3, 0.4) is 0 Å². The summed E-state index contributed by atoms with van der Waals surface area (Å²) in [6.45, 7) is 1.84. The molecule has 106 valence electrons. The Hall–Kier alpha value is -2.54. The molecule has 2 heterocycles. The van der Waals surface area contributed by atoms with Crippen LogP contribution in [0, 0.1) is 6.92 Å². The largest absolute Gasteiger partial charge is 0.439 e. The molecule has 0 aliphatic carbocycles. The van der Waals surface area contributed by atoms with Crippen LogP contribution in [0.25, 0.3) is 10.9 Å². The average molecular weight is 300 g/mol. The Morgan fingerprint density at radius 1 is 1.33 bits per heavy atom. The predicted octanol–water partition coefficient (Wildman–Crippen LogP) is 2.78. The van der Waals surface area contributed by atoms with E-state index >= 15 is 0 Å². The number of benzene rings is 1. The minimum absolute atomic E-state index is 0.000897. The van der Waals surface area contributed by atoms with E-state index in [1.165, 1.54) is 11.8 Å². The normalized spacial score (nSPS) is 12.0. The van der Waals surface area contributed by atoms with Gasteiger partial charge in [-0.2, -0.15) is 0 Å². The molecule has 0 radical (unpaired) electrons. The molecule has 2 aromatic heterocycles. The van der Waals surface area contributed by atoms with Gasteiger partial charge in [0.2, 0.25) is 0 Å². The number of pyridine rings is 1. The molecule has 0 aliphatic rings. The standard InChI is InChI=1S/C14H12N4O2S/c1-8-7-20-14(16-8)21-13-10(12(15)18-19)6-9-4-2-3-5-11(9)17-13/h2-7,19H,1H3,(H2,15,18). The molecular weight excluding hydrogens is 288 g/mol. The first kappa shape index (κ1) is 13.4. The molecule has 0 atom stereocenters. The van der Waals surface area contributed by atoms with Gasteiger partial charge in [-0.15, -0.1) is 0 Å². The highest BCUT2D eigenvalue weighted by atomic mass is 32.2.